The molecule has 1 saturated heterocycles. The normalized spacial score (nSPS) is 19.3. The molecular weight excluding hydrogens is 419 g/mol. The number of likely N-dealkylation sites (tertiary alicyclic amines) is 1. The van der Waals surface area contributed by atoms with Crippen molar-refractivity contribution in [1.82, 2.24) is 24.2 Å². The van der Waals surface area contributed by atoms with Gasteiger partial charge in [-0.1, -0.05) is 18.2 Å². The minimum absolute atomic E-state index is 0.0936. The molecule has 11 heteroatoms. The molecule has 1 aliphatic rings. The average molecular weight is 437 g/mol. The first-order valence-corrected chi connectivity index (χ1v) is 10.1. The molecule has 0 saturated carbocycles. The predicted molar refractivity (Wildman–Crippen MR) is 110 cm³/mol. The number of rotatable bonds is 5. The molecule has 4 heterocycles. The van der Waals surface area contributed by atoms with Crippen LogP contribution < -0.4 is 10.1 Å². The van der Waals surface area contributed by atoms with Gasteiger partial charge in [-0.25, -0.2) is 4.39 Å². The topological polar surface area (TPSA) is 96.0 Å². The second-order valence-electron chi connectivity index (χ2n) is 6.62. The Balaban J connectivity index is 1.65. The molecule has 0 radical (unpaired) electrons. The van der Waals surface area contributed by atoms with Crippen molar-refractivity contribution in [3.63, 3.8) is 0 Å². The summed E-state index contributed by atoms with van der Waals surface area (Å²) < 4.78 is 24.7. The molecule has 3 aromatic heterocycles. The van der Waals surface area contributed by atoms with Crippen molar-refractivity contribution < 1.29 is 13.9 Å². The first-order chi connectivity index (χ1) is 13.9. The number of halogens is 2. The molecule has 0 unspecified atom stereocenters. The van der Waals surface area contributed by atoms with E-state index in [2.05, 4.69) is 31.2 Å². The van der Waals surface area contributed by atoms with Crippen LogP contribution in [0.5, 0.6) is 5.88 Å². The molecule has 3 aromatic rings. The average Bonchev–Trinajstić information content (AvgIpc) is 3.28. The van der Waals surface area contributed by atoms with Crippen LogP contribution in [0.15, 0.2) is 24.9 Å². The molecule has 0 spiro atoms. The van der Waals surface area contributed by atoms with Crippen molar-refractivity contribution in [2.45, 2.75) is 25.6 Å². The van der Waals surface area contributed by atoms with Crippen LogP contribution in [0.2, 0.25) is 5.02 Å². The Kier molecular flexibility index (Phi) is 5.37. The third-order valence-electron chi connectivity index (χ3n) is 4.54. The van der Waals surface area contributed by atoms with Crippen LogP contribution in [0.4, 0.5) is 15.3 Å². The summed E-state index contributed by atoms with van der Waals surface area (Å²) >= 11 is 7.53. The number of carbonyl (C=O) groups is 1. The fraction of sp³-hybridized carbons (Fsp3) is 0.333. The number of alkyl halides is 1. The van der Waals surface area contributed by atoms with Crippen LogP contribution in [0.25, 0.3) is 11.0 Å². The van der Waals surface area contributed by atoms with Crippen LogP contribution >= 0.6 is 23.1 Å². The smallest absolute Gasteiger partial charge is 0.246 e. The summed E-state index contributed by atoms with van der Waals surface area (Å²) in [5.74, 6) is 0.145. The van der Waals surface area contributed by atoms with Crippen molar-refractivity contribution in [2.24, 2.45) is 0 Å². The molecule has 0 aromatic carbocycles. The SMILES string of the molecule is C=CC(=O)N1CC[C@@H](F)[C@H](Oc2nc(Nc3cc(C)ns3)nc3[nH]cc(Cl)c23)C1. The van der Waals surface area contributed by atoms with Gasteiger partial charge in [0.1, 0.15) is 22.9 Å². The number of nitrogens with one attached hydrogen (secondary N) is 2. The molecule has 1 fully saturated rings. The Morgan fingerprint density at radius 2 is 2.38 bits per heavy atom. The first kappa shape index (κ1) is 19.6. The van der Waals surface area contributed by atoms with E-state index in [-0.39, 0.29) is 30.7 Å². The molecule has 152 valence electrons. The van der Waals surface area contributed by atoms with E-state index in [0.29, 0.717) is 22.6 Å². The number of hydrogen-bond acceptors (Lipinski definition) is 7. The molecule has 2 atom stereocenters. The van der Waals surface area contributed by atoms with Crippen LogP contribution in [0.1, 0.15) is 12.1 Å². The van der Waals surface area contributed by atoms with Crippen molar-refractivity contribution in [3.8, 4) is 5.88 Å². The van der Waals surface area contributed by atoms with Crippen molar-refractivity contribution in [1.29, 1.82) is 0 Å². The molecular formula is C18H18ClFN6O2S. The number of aryl methyl sites for hydroxylation is 1. The highest BCUT2D eigenvalue weighted by Gasteiger charge is 2.33. The van der Waals surface area contributed by atoms with Gasteiger partial charge >= 0.3 is 0 Å². The van der Waals surface area contributed by atoms with Gasteiger partial charge in [-0.3, -0.25) is 4.79 Å². The lowest BCUT2D eigenvalue weighted by Gasteiger charge is -2.34. The van der Waals surface area contributed by atoms with Gasteiger partial charge in [0, 0.05) is 12.7 Å². The maximum atomic E-state index is 14.6. The Morgan fingerprint density at radius 3 is 3.10 bits per heavy atom. The van der Waals surface area contributed by atoms with Crippen LogP contribution in [-0.4, -0.2) is 55.5 Å². The number of H-pyrrole nitrogens is 1. The highest BCUT2D eigenvalue weighted by atomic mass is 35.5. The predicted octanol–water partition coefficient (Wildman–Crippen LogP) is 3.62. The number of hydrogen-bond donors (Lipinski definition) is 2. The van der Waals surface area contributed by atoms with Gasteiger partial charge in [-0.2, -0.15) is 14.3 Å². The van der Waals surface area contributed by atoms with E-state index >= 15 is 0 Å². The van der Waals surface area contributed by atoms with Gasteiger partial charge in [0.2, 0.25) is 17.7 Å². The fourth-order valence-corrected chi connectivity index (χ4v) is 3.99. The number of aromatic amines is 1. The van der Waals surface area contributed by atoms with Crippen LogP contribution in [0, 0.1) is 6.92 Å². The standard InChI is InChI=1S/C18H18ClFN6O2S/c1-3-14(27)26-5-4-11(20)12(8-26)28-17-15-10(19)7-21-16(15)23-18(24-17)22-13-6-9(2)25-29-13/h3,6-7,11-12H,1,4-5,8H2,2H3,(H2,21,22,23,24)/t11-,12-/m1/s1. The zero-order chi connectivity index (χ0) is 20.5. The Bertz CT molecular complexity index is 1070. The Labute approximate surface area is 174 Å². The number of anilines is 2. The van der Waals surface area contributed by atoms with E-state index < -0.39 is 12.3 Å². The third-order valence-corrected chi connectivity index (χ3v) is 5.64. The summed E-state index contributed by atoms with van der Waals surface area (Å²) in [6.07, 6.45) is 0.823. The van der Waals surface area contributed by atoms with E-state index in [1.807, 2.05) is 13.0 Å². The minimum Gasteiger partial charge on any atom is -0.469 e. The number of fused-ring (bicyclic) bond motifs is 1. The molecule has 4 rings (SSSR count). The molecule has 2 N–H and O–H groups in total. The number of aromatic nitrogens is 4. The number of ether oxygens (including phenoxy) is 1. The number of carbonyl (C=O) groups excluding carboxylic acids is 1. The summed E-state index contributed by atoms with van der Waals surface area (Å²) in [6, 6.07) is 1.86. The number of nitrogens with zero attached hydrogens (tertiary/aromatic N) is 4. The molecule has 1 amide bonds. The molecule has 1 aliphatic heterocycles. The van der Waals surface area contributed by atoms with Gasteiger partial charge in [0.15, 0.2) is 0 Å². The zero-order valence-electron chi connectivity index (χ0n) is 15.5. The number of piperidine rings is 1. The molecule has 8 nitrogen and oxygen atoms in total. The summed E-state index contributed by atoms with van der Waals surface area (Å²) in [4.78, 5) is 25.2. The van der Waals surface area contributed by atoms with Crippen molar-refractivity contribution in [3.05, 3.63) is 35.6 Å². The molecule has 0 bridgehead atoms. The lowest BCUT2D eigenvalue weighted by molar-refractivity contribution is -0.130. The second kappa shape index (κ2) is 7.96. The number of amides is 1. The van der Waals surface area contributed by atoms with Crippen molar-refractivity contribution >= 4 is 51.0 Å². The van der Waals surface area contributed by atoms with E-state index in [1.54, 1.807) is 6.20 Å². The first-order valence-electron chi connectivity index (χ1n) is 8.91. The lowest BCUT2D eigenvalue weighted by atomic mass is 10.1. The monoisotopic (exact) mass is 436 g/mol. The van der Waals surface area contributed by atoms with Crippen LogP contribution in [0.3, 0.4) is 0 Å². The second-order valence-corrected chi connectivity index (χ2v) is 7.83. The van der Waals surface area contributed by atoms with Gasteiger partial charge in [-0.05, 0) is 37.0 Å². The Hall–Kier alpha value is -2.72. The van der Waals surface area contributed by atoms with Gasteiger partial charge in [0.05, 0.1) is 22.6 Å². The van der Waals surface area contributed by atoms with Gasteiger partial charge in [0.25, 0.3) is 0 Å². The van der Waals surface area contributed by atoms with E-state index in [0.717, 1.165) is 10.7 Å². The largest absolute Gasteiger partial charge is 0.469 e. The summed E-state index contributed by atoms with van der Waals surface area (Å²) in [5, 5.41) is 4.65. The zero-order valence-corrected chi connectivity index (χ0v) is 17.1. The summed E-state index contributed by atoms with van der Waals surface area (Å²) in [7, 11) is 0. The van der Waals surface area contributed by atoms with Crippen molar-refractivity contribution in [2.75, 3.05) is 18.4 Å². The van der Waals surface area contributed by atoms with Gasteiger partial charge < -0.3 is 19.9 Å². The summed E-state index contributed by atoms with van der Waals surface area (Å²) in [5.41, 5.74) is 1.32. The summed E-state index contributed by atoms with van der Waals surface area (Å²) in [6.45, 7) is 5.77. The van der Waals surface area contributed by atoms with E-state index in [4.69, 9.17) is 16.3 Å². The Morgan fingerprint density at radius 1 is 1.55 bits per heavy atom. The van der Waals surface area contributed by atoms with E-state index in [1.165, 1.54) is 22.5 Å². The molecule has 29 heavy (non-hydrogen) atoms. The minimum atomic E-state index is -1.24. The van der Waals surface area contributed by atoms with Gasteiger partial charge in [-0.15, -0.1) is 0 Å². The maximum absolute atomic E-state index is 14.6. The maximum Gasteiger partial charge on any atom is 0.246 e. The van der Waals surface area contributed by atoms with Crippen LogP contribution in [-0.2, 0) is 4.79 Å². The highest BCUT2D eigenvalue weighted by Crippen LogP contribution is 2.33. The lowest BCUT2D eigenvalue weighted by Crippen LogP contribution is -2.49. The fourth-order valence-electron chi connectivity index (χ4n) is 3.11. The highest BCUT2D eigenvalue weighted by molar-refractivity contribution is 7.10. The van der Waals surface area contributed by atoms with E-state index in [9.17, 15) is 9.18 Å². The molecule has 0 aliphatic carbocycles. The quantitative estimate of drug-likeness (QED) is 0.593. The third kappa shape index (κ3) is 4.03.